The van der Waals surface area contributed by atoms with Crippen LogP contribution >= 0.6 is 8.53 Å². The molecule has 3 heterocycles. The Labute approximate surface area is 149 Å². The van der Waals surface area contributed by atoms with Crippen LogP contribution in [0.2, 0.25) is 0 Å². The molecular weight excluding hydrogens is 367 g/mol. The van der Waals surface area contributed by atoms with E-state index in [1.807, 2.05) is 0 Å². The Balaban J connectivity index is 0.000000298. The molecule has 0 amide bonds. The summed E-state index contributed by atoms with van der Waals surface area (Å²) in [5.74, 6) is 2.37. The quantitative estimate of drug-likeness (QED) is 0.247. The molecule has 8 N–H and O–H groups in total. The Bertz CT molecular complexity index is 767. The molecule has 1 saturated heterocycles. The first-order valence-electron chi connectivity index (χ1n) is 7.26. The summed E-state index contributed by atoms with van der Waals surface area (Å²) in [5, 5.41) is 28.7. The summed E-state index contributed by atoms with van der Waals surface area (Å²) in [7, 11) is -1.75. The molecule has 1 fully saturated rings. The molecule has 3 rings (SSSR count). The molecule has 5 atom stereocenters. The molecule has 1 aliphatic heterocycles. The van der Waals surface area contributed by atoms with Gasteiger partial charge in [-0.15, -0.1) is 6.42 Å². The van der Waals surface area contributed by atoms with Gasteiger partial charge in [-0.1, -0.05) is 5.92 Å². The van der Waals surface area contributed by atoms with Crippen LogP contribution in [-0.4, -0.2) is 71.3 Å². The molecular formula is C13H19N6O6P. The van der Waals surface area contributed by atoms with Gasteiger partial charge < -0.3 is 35.2 Å². The minimum atomic E-state index is -1.75. The molecule has 0 spiro atoms. The largest absolute Gasteiger partial charge is 0.394 e. The second kappa shape index (κ2) is 9.13. The smallest absolute Gasteiger partial charge is 0.251 e. The first-order chi connectivity index (χ1) is 12.4. The molecule has 142 valence electrons. The SMILES string of the molecule is C#CCOP(N)O.Nc1ncnc2c1ncn2[C@@H]1O[C@H](CO)[C@@H](O)[C@H]1O. The lowest BCUT2D eigenvalue weighted by molar-refractivity contribution is -0.0511. The third kappa shape index (κ3) is 4.42. The monoisotopic (exact) mass is 386 g/mol. The second-order valence-corrected chi connectivity index (χ2v) is 5.96. The minimum Gasteiger partial charge on any atom is -0.394 e. The summed E-state index contributed by atoms with van der Waals surface area (Å²) in [5.41, 5.74) is 11.2. The Hall–Kier alpha value is -1.94. The number of aliphatic hydroxyl groups excluding tert-OH is 3. The molecule has 13 heteroatoms. The average Bonchev–Trinajstić information content (AvgIpc) is 3.16. The van der Waals surface area contributed by atoms with Crippen LogP contribution in [0, 0.1) is 12.3 Å². The Morgan fingerprint density at radius 2 is 2.08 bits per heavy atom. The Morgan fingerprint density at radius 1 is 1.35 bits per heavy atom. The summed E-state index contributed by atoms with van der Waals surface area (Å²) in [6, 6.07) is 0. The number of nitrogen functional groups attached to an aromatic ring is 1. The zero-order valence-electron chi connectivity index (χ0n) is 13.5. The van der Waals surface area contributed by atoms with Crippen molar-refractivity contribution in [3.05, 3.63) is 12.7 Å². The van der Waals surface area contributed by atoms with Crippen molar-refractivity contribution in [3.8, 4) is 12.3 Å². The maximum atomic E-state index is 9.95. The van der Waals surface area contributed by atoms with Gasteiger partial charge in [0, 0.05) is 0 Å². The molecule has 0 bridgehead atoms. The van der Waals surface area contributed by atoms with Crippen LogP contribution in [-0.2, 0) is 9.26 Å². The number of rotatable bonds is 4. The van der Waals surface area contributed by atoms with E-state index in [4.69, 9.17) is 32.4 Å². The predicted octanol–water partition coefficient (Wildman–Crippen LogP) is -2.17. The summed E-state index contributed by atoms with van der Waals surface area (Å²) >= 11 is 0. The average molecular weight is 386 g/mol. The molecule has 12 nitrogen and oxygen atoms in total. The lowest BCUT2D eigenvalue weighted by Crippen LogP contribution is -2.33. The topological polar surface area (TPSA) is 195 Å². The van der Waals surface area contributed by atoms with Gasteiger partial charge in [-0.3, -0.25) is 10.1 Å². The molecule has 2 aromatic heterocycles. The van der Waals surface area contributed by atoms with E-state index in [1.54, 1.807) is 0 Å². The maximum absolute atomic E-state index is 9.95. The van der Waals surface area contributed by atoms with Crippen molar-refractivity contribution in [2.75, 3.05) is 18.9 Å². The first kappa shape index (κ1) is 20.4. The van der Waals surface area contributed by atoms with Gasteiger partial charge in [-0.05, 0) is 0 Å². The molecule has 1 aliphatic rings. The van der Waals surface area contributed by atoms with Gasteiger partial charge in [0.1, 0.15) is 36.8 Å². The summed E-state index contributed by atoms with van der Waals surface area (Å²) in [4.78, 5) is 20.1. The van der Waals surface area contributed by atoms with Crippen LogP contribution in [0.5, 0.6) is 0 Å². The number of fused-ring (bicyclic) bond motifs is 1. The highest BCUT2D eigenvalue weighted by Crippen LogP contribution is 2.31. The van der Waals surface area contributed by atoms with Crippen LogP contribution < -0.4 is 11.2 Å². The van der Waals surface area contributed by atoms with E-state index < -0.39 is 39.7 Å². The number of terminal acetylenes is 1. The van der Waals surface area contributed by atoms with Crippen molar-refractivity contribution >= 4 is 25.5 Å². The van der Waals surface area contributed by atoms with E-state index in [2.05, 4.69) is 25.4 Å². The molecule has 1 unspecified atom stereocenters. The lowest BCUT2D eigenvalue weighted by atomic mass is 10.1. The van der Waals surface area contributed by atoms with Crippen LogP contribution in [0.4, 0.5) is 5.82 Å². The third-order valence-electron chi connectivity index (χ3n) is 3.46. The summed E-state index contributed by atoms with van der Waals surface area (Å²) < 4.78 is 11.2. The maximum Gasteiger partial charge on any atom is 0.251 e. The van der Waals surface area contributed by atoms with Gasteiger partial charge in [-0.2, -0.15) is 0 Å². The predicted molar refractivity (Wildman–Crippen MR) is 90.9 cm³/mol. The fourth-order valence-electron chi connectivity index (χ4n) is 2.27. The van der Waals surface area contributed by atoms with Crippen LogP contribution in [0.3, 0.4) is 0 Å². The highest BCUT2D eigenvalue weighted by Gasteiger charge is 2.43. The number of aromatic nitrogens is 4. The van der Waals surface area contributed by atoms with Crippen LogP contribution in [0.25, 0.3) is 11.2 Å². The number of nitrogens with two attached hydrogens (primary N) is 2. The van der Waals surface area contributed by atoms with Crippen molar-refractivity contribution in [1.29, 1.82) is 0 Å². The molecule has 0 radical (unpaired) electrons. The highest BCUT2D eigenvalue weighted by atomic mass is 31.2. The zero-order chi connectivity index (χ0) is 19.3. The number of anilines is 1. The van der Waals surface area contributed by atoms with Gasteiger partial charge in [0.05, 0.1) is 12.9 Å². The first-order valence-corrected chi connectivity index (χ1v) is 8.54. The van der Waals surface area contributed by atoms with Gasteiger partial charge >= 0.3 is 0 Å². The fraction of sp³-hybridized carbons (Fsp3) is 0.462. The number of aliphatic hydroxyl groups is 3. The normalized spacial score (nSPS) is 26.2. The highest BCUT2D eigenvalue weighted by molar-refractivity contribution is 7.43. The number of ether oxygens (including phenoxy) is 1. The van der Waals surface area contributed by atoms with Crippen molar-refractivity contribution in [2.24, 2.45) is 5.50 Å². The number of imidazole rings is 1. The van der Waals surface area contributed by atoms with Gasteiger partial charge in [0.2, 0.25) is 0 Å². The minimum absolute atomic E-state index is 0.0820. The number of hydrogen-bond donors (Lipinski definition) is 6. The van der Waals surface area contributed by atoms with Crippen molar-refractivity contribution in [1.82, 2.24) is 19.5 Å². The van der Waals surface area contributed by atoms with Crippen molar-refractivity contribution in [3.63, 3.8) is 0 Å². The number of hydrogen-bond acceptors (Lipinski definition) is 11. The van der Waals surface area contributed by atoms with E-state index in [0.29, 0.717) is 11.2 Å². The lowest BCUT2D eigenvalue weighted by Gasteiger charge is -2.16. The zero-order valence-corrected chi connectivity index (χ0v) is 14.3. The summed E-state index contributed by atoms with van der Waals surface area (Å²) in [6.07, 6.45) is 3.32. The fourth-order valence-corrected chi connectivity index (χ4v) is 2.48. The van der Waals surface area contributed by atoms with E-state index >= 15 is 0 Å². The number of nitrogens with zero attached hydrogens (tertiary/aromatic N) is 4. The Morgan fingerprint density at radius 3 is 2.62 bits per heavy atom. The standard InChI is InChI=1S/C10H13N5O4.C3H6NO2P/c11-8-5-9(13-2-12-8)15(3-14-5)10-7(18)6(17)4(1-16)19-10;1-2-3-6-7(4)5/h2-4,6-7,10,16-18H,1H2,(H2,11,12,13);1,5H,3-4H2/t4-,6-,7-,10-;/m1./s1. The van der Waals surface area contributed by atoms with Gasteiger partial charge in [-0.25, -0.2) is 15.0 Å². The van der Waals surface area contributed by atoms with Gasteiger partial charge in [0.15, 0.2) is 17.7 Å². The van der Waals surface area contributed by atoms with Crippen LogP contribution in [0.1, 0.15) is 6.23 Å². The molecule has 26 heavy (non-hydrogen) atoms. The van der Waals surface area contributed by atoms with E-state index in [9.17, 15) is 10.2 Å². The molecule has 0 aromatic carbocycles. The van der Waals surface area contributed by atoms with Crippen LogP contribution in [0.15, 0.2) is 12.7 Å². The van der Waals surface area contributed by atoms with Gasteiger partial charge in [0.25, 0.3) is 8.53 Å². The summed E-state index contributed by atoms with van der Waals surface area (Å²) in [6.45, 7) is -0.308. The second-order valence-electron chi connectivity index (χ2n) is 5.09. The van der Waals surface area contributed by atoms with Crippen molar-refractivity contribution < 1.29 is 29.5 Å². The molecule has 2 aromatic rings. The van der Waals surface area contributed by atoms with E-state index in [0.717, 1.165) is 0 Å². The van der Waals surface area contributed by atoms with Crippen molar-refractivity contribution in [2.45, 2.75) is 24.5 Å². The molecule has 0 aliphatic carbocycles. The van der Waals surface area contributed by atoms with E-state index in [-0.39, 0.29) is 12.4 Å². The molecule has 0 saturated carbocycles. The third-order valence-corrected chi connectivity index (χ3v) is 3.85. The Kier molecular flexibility index (Phi) is 7.15. The van der Waals surface area contributed by atoms with E-state index in [1.165, 1.54) is 17.2 Å².